The van der Waals surface area contributed by atoms with Crippen LogP contribution in [-0.2, 0) is 13.0 Å². The number of pyridine rings is 1. The molecule has 182 valence electrons. The molecule has 2 N–H and O–H groups in total. The van der Waals surface area contributed by atoms with Crippen LogP contribution >= 0.6 is 11.3 Å². The van der Waals surface area contributed by atoms with Gasteiger partial charge >= 0.3 is 0 Å². The van der Waals surface area contributed by atoms with Crippen LogP contribution in [0.2, 0.25) is 0 Å². The maximum atomic E-state index is 13.9. The van der Waals surface area contributed by atoms with Crippen molar-refractivity contribution >= 4 is 17.2 Å². The van der Waals surface area contributed by atoms with Crippen molar-refractivity contribution < 1.29 is 9.18 Å². The van der Waals surface area contributed by atoms with E-state index in [1.54, 1.807) is 25.2 Å². The van der Waals surface area contributed by atoms with E-state index >= 15 is 0 Å². The molecule has 0 saturated carbocycles. The molecule has 2 aromatic rings. The van der Waals surface area contributed by atoms with Crippen LogP contribution < -0.4 is 10.9 Å². The molecule has 0 spiro atoms. The monoisotopic (exact) mass is 475 g/mol. The Bertz CT molecular complexity index is 1010. The van der Waals surface area contributed by atoms with E-state index in [1.165, 1.54) is 11.3 Å². The molecule has 0 aliphatic carbocycles. The van der Waals surface area contributed by atoms with Gasteiger partial charge in [-0.25, -0.2) is 4.39 Å². The van der Waals surface area contributed by atoms with Gasteiger partial charge in [-0.2, -0.15) is 0 Å². The van der Waals surface area contributed by atoms with Crippen LogP contribution in [0.4, 0.5) is 4.39 Å². The van der Waals surface area contributed by atoms with Crippen LogP contribution in [0.3, 0.4) is 0 Å². The number of aromatic nitrogens is 1. The molecule has 0 atom stereocenters. The number of aromatic amines is 1. The molecule has 1 aliphatic rings. The van der Waals surface area contributed by atoms with E-state index in [9.17, 15) is 14.0 Å². The maximum absolute atomic E-state index is 13.9. The average molecular weight is 476 g/mol. The highest BCUT2D eigenvalue weighted by atomic mass is 32.1. The number of carbonyl (C=O) groups excluding carboxylic acids is 1. The van der Waals surface area contributed by atoms with E-state index in [4.69, 9.17) is 0 Å². The topological polar surface area (TPSA) is 65.2 Å². The summed E-state index contributed by atoms with van der Waals surface area (Å²) in [6.07, 6.45) is 5.56. The van der Waals surface area contributed by atoms with Crippen LogP contribution in [0.1, 0.15) is 77.2 Å². The molecular weight excluding hydrogens is 437 g/mol. The number of thiophene rings is 1. The van der Waals surface area contributed by atoms with Crippen molar-refractivity contribution in [1.29, 1.82) is 0 Å². The summed E-state index contributed by atoms with van der Waals surface area (Å²) in [5.41, 5.74) is 2.80. The third-order valence-corrected chi connectivity index (χ3v) is 7.78. The highest BCUT2D eigenvalue weighted by molar-refractivity contribution is 7.10. The van der Waals surface area contributed by atoms with Crippen LogP contribution in [0, 0.1) is 26.7 Å². The summed E-state index contributed by atoms with van der Waals surface area (Å²) in [7, 11) is 0. The zero-order chi connectivity index (χ0) is 24.2. The van der Waals surface area contributed by atoms with Crippen molar-refractivity contribution in [2.24, 2.45) is 5.92 Å². The number of nitrogens with one attached hydrogen (secondary N) is 2. The Kier molecular flexibility index (Phi) is 8.51. The molecule has 3 rings (SSSR count). The first kappa shape index (κ1) is 25.6. The third kappa shape index (κ3) is 7.24. The average Bonchev–Trinajstić information content (AvgIpc) is 3.08. The third-order valence-electron chi connectivity index (χ3n) is 6.63. The number of piperidine rings is 1. The minimum Gasteiger partial charge on any atom is -0.348 e. The summed E-state index contributed by atoms with van der Waals surface area (Å²) in [5, 5.41) is 4.85. The molecule has 7 heteroatoms. The lowest BCUT2D eigenvalue weighted by Crippen LogP contribution is -2.41. The standard InChI is InChI=1S/C26H38FN3O2S/c1-17-13-18(2)29-25(32)21(17)14-28-24(31)22-15-33-23(19(22)3)8-6-7-20-9-11-30(12-10-20)16-26(4,5)27/h13,15,20H,6-12,14,16H2,1-5H3,(H,28,31)(H,29,32). The minimum absolute atomic E-state index is 0.127. The van der Waals surface area contributed by atoms with Gasteiger partial charge in [0.05, 0.1) is 5.56 Å². The number of amides is 1. The molecule has 0 radical (unpaired) electrons. The molecule has 2 aromatic heterocycles. The molecule has 0 aromatic carbocycles. The number of alkyl halides is 1. The van der Waals surface area contributed by atoms with Crippen LogP contribution in [0.5, 0.6) is 0 Å². The molecule has 1 amide bonds. The molecule has 1 saturated heterocycles. The number of halogens is 1. The first-order valence-electron chi connectivity index (χ1n) is 12.0. The zero-order valence-electron chi connectivity index (χ0n) is 20.6. The molecule has 1 fully saturated rings. The minimum atomic E-state index is -1.12. The number of rotatable bonds is 9. The maximum Gasteiger partial charge on any atom is 0.253 e. The van der Waals surface area contributed by atoms with Gasteiger partial charge in [0.1, 0.15) is 5.67 Å². The van der Waals surface area contributed by atoms with E-state index in [1.807, 2.05) is 32.2 Å². The molecule has 33 heavy (non-hydrogen) atoms. The van der Waals surface area contributed by atoms with Crippen molar-refractivity contribution in [3.63, 3.8) is 0 Å². The van der Waals surface area contributed by atoms with Gasteiger partial charge in [0.2, 0.25) is 0 Å². The SMILES string of the molecule is Cc1cc(C)c(CNC(=O)c2csc(CCCC3CCN(CC(C)(C)F)CC3)c2C)c(=O)[nH]1. The molecule has 5 nitrogen and oxygen atoms in total. The lowest BCUT2D eigenvalue weighted by molar-refractivity contribution is 0.0938. The second-order valence-electron chi connectivity index (χ2n) is 10.2. The Hall–Kier alpha value is -1.99. The Morgan fingerprint density at radius 3 is 2.61 bits per heavy atom. The summed E-state index contributed by atoms with van der Waals surface area (Å²) in [6.45, 7) is 11.8. The summed E-state index contributed by atoms with van der Waals surface area (Å²) < 4.78 is 13.9. The van der Waals surface area contributed by atoms with Crippen molar-refractivity contribution in [1.82, 2.24) is 15.2 Å². The second kappa shape index (κ2) is 11.0. The van der Waals surface area contributed by atoms with Crippen LogP contribution in [0.15, 0.2) is 16.2 Å². The van der Waals surface area contributed by atoms with Gasteiger partial charge in [0.25, 0.3) is 11.5 Å². The van der Waals surface area contributed by atoms with Crippen molar-refractivity contribution in [2.45, 2.75) is 78.9 Å². The predicted octanol–water partition coefficient (Wildman–Crippen LogP) is 5.07. The summed E-state index contributed by atoms with van der Waals surface area (Å²) in [6, 6.07) is 1.92. The van der Waals surface area contributed by atoms with E-state index < -0.39 is 5.67 Å². The highest BCUT2D eigenvalue weighted by Gasteiger charge is 2.25. The number of aryl methyl sites for hydroxylation is 3. The Labute approximate surface area is 200 Å². The Morgan fingerprint density at radius 2 is 1.97 bits per heavy atom. The highest BCUT2D eigenvalue weighted by Crippen LogP contribution is 2.27. The predicted molar refractivity (Wildman–Crippen MR) is 134 cm³/mol. The van der Waals surface area contributed by atoms with Gasteiger partial charge < -0.3 is 15.2 Å². The fourth-order valence-electron chi connectivity index (χ4n) is 4.81. The van der Waals surface area contributed by atoms with Crippen molar-refractivity contribution in [2.75, 3.05) is 19.6 Å². The smallest absolute Gasteiger partial charge is 0.253 e. The zero-order valence-corrected chi connectivity index (χ0v) is 21.5. The summed E-state index contributed by atoms with van der Waals surface area (Å²) >= 11 is 1.65. The van der Waals surface area contributed by atoms with E-state index in [2.05, 4.69) is 15.2 Å². The van der Waals surface area contributed by atoms with Gasteiger partial charge in [-0.3, -0.25) is 9.59 Å². The fraction of sp³-hybridized carbons (Fsp3) is 0.615. The number of H-pyrrole nitrogens is 1. The number of hydrogen-bond donors (Lipinski definition) is 2. The van der Waals surface area contributed by atoms with Crippen LogP contribution in [0.25, 0.3) is 0 Å². The van der Waals surface area contributed by atoms with Crippen molar-refractivity contribution in [3.8, 4) is 0 Å². The van der Waals surface area contributed by atoms with Gasteiger partial charge in [-0.15, -0.1) is 11.3 Å². The fourth-order valence-corrected chi connectivity index (χ4v) is 5.90. The normalized spacial score (nSPS) is 15.7. The summed E-state index contributed by atoms with van der Waals surface area (Å²) in [5.74, 6) is 0.584. The molecule has 0 unspecified atom stereocenters. The lowest BCUT2D eigenvalue weighted by atomic mass is 9.90. The summed E-state index contributed by atoms with van der Waals surface area (Å²) in [4.78, 5) is 31.2. The largest absolute Gasteiger partial charge is 0.348 e. The Morgan fingerprint density at radius 1 is 1.27 bits per heavy atom. The lowest BCUT2D eigenvalue weighted by Gasteiger charge is -2.34. The van der Waals surface area contributed by atoms with Crippen LogP contribution in [-0.4, -0.2) is 41.1 Å². The number of hydrogen-bond acceptors (Lipinski definition) is 4. The number of likely N-dealkylation sites (tertiary alicyclic amines) is 1. The van der Waals surface area contributed by atoms with Crippen molar-refractivity contribution in [3.05, 3.63) is 54.6 Å². The van der Waals surface area contributed by atoms with E-state index in [0.717, 1.165) is 55.6 Å². The molecular formula is C26H38FN3O2S. The first-order chi connectivity index (χ1) is 15.5. The van der Waals surface area contributed by atoms with Gasteiger partial charge in [0.15, 0.2) is 0 Å². The molecule has 3 heterocycles. The number of nitrogens with zero attached hydrogens (tertiary/aromatic N) is 1. The van der Waals surface area contributed by atoms with Gasteiger partial charge in [-0.1, -0.05) is 6.42 Å². The Balaban J connectivity index is 1.46. The van der Waals surface area contributed by atoms with Gasteiger partial charge in [-0.05, 0) is 96.5 Å². The number of carbonyl (C=O) groups is 1. The first-order valence-corrected chi connectivity index (χ1v) is 12.9. The van der Waals surface area contributed by atoms with Gasteiger partial charge in [0, 0.05) is 34.6 Å². The molecule has 0 bridgehead atoms. The quantitative estimate of drug-likeness (QED) is 0.532. The molecule has 1 aliphatic heterocycles. The van der Waals surface area contributed by atoms with E-state index in [0.29, 0.717) is 23.6 Å². The second-order valence-corrected chi connectivity index (χ2v) is 11.1. The van der Waals surface area contributed by atoms with E-state index in [-0.39, 0.29) is 18.0 Å².